The first-order valence-corrected chi connectivity index (χ1v) is 27.8. The third kappa shape index (κ3) is 10.7. The van der Waals surface area contributed by atoms with Gasteiger partial charge < -0.3 is 109 Å². The molecule has 8 rings (SSSR count). The summed E-state index contributed by atoms with van der Waals surface area (Å²) in [5.41, 5.74) is -1.33. The van der Waals surface area contributed by atoms with Gasteiger partial charge in [-0.1, -0.05) is 46.3 Å². The summed E-state index contributed by atoms with van der Waals surface area (Å²) in [6.45, 7) is 14.7. The average molecular weight is 1090 g/mol. The predicted molar refractivity (Wildman–Crippen MR) is 265 cm³/mol. The van der Waals surface area contributed by atoms with E-state index in [-0.39, 0.29) is 46.5 Å². The molecule has 0 aromatic carbocycles. The van der Waals surface area contributed by atoms with Crippen molar-refractivity contribution in [2.24, 2.45) is 45.3 Å². The van der Waals surface area contributed by atoms with Gasteiger partial charge in [-0.2, -0.15) is 0 Å². The zero-order valence-electron chi connectivity index (χ0n) is 45.4. The van der Waals surface area contributed by atoms with Gasteiger partial charge in [0.1, 0.15) is 91.6 Å². The molecule has 22 nitrogen and oxygen atoms in total. The van der Waals surface area contributed by atoms with Crippen molar-refractivity contribution >= 4 is 0 Å². The lowest BCUT2D eigenvalue weighted by atomic mass is 9.35. The van der Waals surface area contributed by atoms with Crippen LogP contribution >= 0.6 is 0 Å². The molecule has 440 valence electrons. The predicted octanol–water partition coefficient (Wildman–Crippen LogP) is -1.17. The fourth-order valence-corrected chi connectivity index (χ4v) is 16.2. The number of rotatable bonds is 16. The molecular formula is C54H92O22. The number of aliphatic hydroxyl groups excluding tert-OH is 13. The topological polar surface area (TPSA) is 357 Å². The molecule has 0 aromatic rings. The summed E-state index contributed by atoms with van der Waals surface area (Å²) in [7, 11) is 0. The van der Waals surface area contributed by atoms with E-state index < -0.39 is 160 Å². The molecule has 4 heterocycles. The minimum absolute atomic E-state index is 0.103. The average Bonchev–Trinajstić information content (AvgIpc) is 3.79. The van der Waals surface area contributed by atoms with Crippen LogP contribution in [0, 0.1) is 45.3 Å². The Bertz CT molecular complexity index is 1960. The Morgan fingerprint density at radius 2 is 1.07 bits per heavy atom. The molecule has 4 saturated heterocycles. The summed E-state index contributed by atoms with van der Waals surface area (Å²) in [5, 5.41) is 152. The second kappa shape index (κ2) is 23.3. The number of hydrogen-bond donors (Lipinski definition) is 14. The Kier molecular flexibility index (Phi) is 18.6. The Morgan fingerprint density at radius 3 is 1.67 bits per heavy atom. The van der Waals surface area contributed by atoms with Crippen LogP contribution in [0.15, 0.2) is 11.6 Å². The van der Waals surface area contributed by atoms with E-state index in [4.69, 9.17) is 37.9 Å². The van der Waals surface area contributed by atoms with Crippen LogP contribution in [-0.2, 0) is 37.9 Å². The van der Waals surface area contributed by atoms with Gasteiger partial charge in [0, 0.05) is 0 Å². The van der Waals surface area contributed by atoms with Crippen LogP contribution in [0.5, 0.6) is 0 Å². The highest BCUT2D eigenvalue weighted by Crippen LogP contribution is 2.76. The largest absolute Gasteiger partial charge is 0.394 e. The lowest BCUT2D eigenvalue weighted by Gasteiger charge is -2.70. The van der Waals surface area contributed by atoms with Gasteiger partial charge in [0.05, 0.1) is 44.2 Å². The van der Waals surface area contributed by atoms with E-state index in [2.05, 4.69) is 40.7 Å². The zero-order chi connectivity index (χ0) is 55.8. The minimum Gasteiger partial charge on any atom is -0.394 e. The molecule has 0 radical (unpaired) electrons. The molecule has 0 amide bonds. The molecule has 4 aliphatic carbocycles. The summed E-state index contributed by atoms with van der Waals surface area (Å²) in [6, 6.07) is 0. The highest BCUT2D eigenvalue weighted by atomic mass is 16.8. The van der Waals surface area contributed by atoms with Crippen molar-refractivity contribution in [1.82, 2.24) is 0 Å². The molecule has 4 saturated carbocycles. The van der Waals surface area contributed by atoms with Gasteiger partial charge in [0.25, 0.3) is 0 Å². The SMILES string of the molecule is CC(C)=CCCC(O)(CO[C@@H]1O[C@H](CO)[C@@H](O)[C@H](O)[C@H]1O)C1CCC2(C)[C@@H]1CCC1[C@@]3(C)CC[C@H](O[C@@H]4O[C@H](CO)[C@@H](O)[C@H](O[C@@H]5O[C@H](CO)[C@@H](O)[C@H](O)[C@H]5O)[C@H]4O[C@@H]4O[C@@H](C)[C@H](O)[C@@H](O)[C@H]4O)C(C)(C)C3CC[C@]12C. The normalized spacial score (nSPS) is 52.2. The number of fused-ring (bicyclic) bond motifs is 5. The van der Waals surface area contributed by atoms with Crippen molar-refractivity contribution in [3.05, 3.63) is 11.6 Å². The minimum atomic E-state index is -1.90. The molecule has 5 unspecified atom stereocenters. The van der Waals surface area contributed by atoms with E-state index >= 15 is 0 Å². The van der Waals surface area contributed by atoms with E-state index in [0.717, 1.165) is 50.5 Å². The van der Waals surface area contributed by atoms with Gasteiger partial charge in [-0.3, -0.25) is 0 Å². The van der Waals surface area contributed by atoms with Crippen LogP contribution in [0.1, 0.15) is 120 Å². The number of ether oxygens (including phenoxy) is 8. The van der Waals surface area contributed by atoms with Crippen molar-refractivity contribution in [2.75, 3.05) is 26.4 Å². The number of aliphatic hydroxyl groups is 14. The number of allylic oxidation sites excluding steroid dienone is 2. The first-order chi connectivity index (χ1) is 35.6. The third-order valence-corrected chi connectivity index (χ3v) is 20.8. The van der Waals surface area contributed by atoms with Gasteiger partial charge in [0.15, 0.2) is 25.2 Å². The molecule has 8 aliphatic rings. The number of hydrogen-bond acceptors (Lipinski definition) is 22. The molecule has 14 N–H and O–H groups in total. The second-order valence-corrected chi connectivity index (χ2v) is 25.5. The molecule has 8 fully saturated rings. The molecule has 0 spiro atoms. The molecule has 22 heteroatoms. The van der Waals surface area contributed by atoms with Crippen LogP contribution < -0.4 is 0 Å². The van der Waals surface area contributed by atoms with E-state index in [0.29, 0.717) is 19.3 Å². The summed E-state index contributed by atoms with van der Waals surface area (Å²) >= 11 is 0. The lowest BCUT2D eigenvalue weighted by Crippen LogP contribution is -2.68. The monoisotopic (exact) mass is 1090 g/mol. The van der Waals surface area contributed by atoms with Gasteiger partial charge in [-0.15, -0.1) is 0 Å². The fraction of sp³-hybridized carbons (Fsp3) is 0.963. The lowest BCUT2D eigenvalue weighted by molar-refractivity contribution is -0.398. The summed E-state index contributed by atoms with van der Waals surface area (Å²) in [6.07, 6.45) is -22.5. The van der Waals surface area contributed by atoms with Crippen molar-refractivity contribution in [2.45, 2.75) is 254 Å². The maximum absolute atomic E-state index is 12.9. The van der Waals surface area contributed by atoms with Crippen molar-refractivity contribution in [1.29, 1.82) is 0 Å². The van der Waals surface area contributed by atoms with Crippen LogP contribution in [0.25, 0.3) is 0 Å². The van der Waals surface area contributed by atoms with Gasteiger partial charge in [-0.25, -0.2) is 0 Å². The standard InChI is InChI=1S/C54H92O22/c1-24(2)10-9-16-54(68,23-69-46-41(65)39(63)35(59)28(20-55)71-46)27-13-18-52(7)26(27)11-12-32-51(6)17-15-33(50(4,5)31(51)14-19-53(32,52)8)74-49-45(76-47-42(66)38(62)34(58)25(3)70-47)44(37(61)30(22-57)73-49)75-48-43(67)40(64)36(60)29(21-56)72-48/h10,25-49,55-68H,9,11-23H2,1-8H3/t25-,26+,27?,28+,29+,30+,31?,32?,33-,34-,35+,36+,37+,38+,39-,40-,41+,42+,43+,44-,45+,46+,47-,48-,49-,51-,52?,53+,54?/m0/s1. The van der Waals surface area contributed by atoms with Crippen molar-refractivity contribution in [3.63, 3.8) is 0 Å². The summed E-state index contributed by atoms with van der Waals surface area (Å²) in [5.74, 6) is 0.313. The van der Waals surface area contributed by atoms with Crippen LogP contribution in [0.2, 0.25) is 0 Å². The Labute approximate surface area is 445 Å². The molecule has 0 bridgehead atoms. The van der Waals surface area contributed by atoms with Gasteiger partial charge >= 0.3 is 0 Å². The second-order valence-electron chi connectivity index (χ2n) is 25.5. The van der Waals surface area contributed by atoms with Crippen LogP contribution in [-0.4, -0.2) is 232 Å². The Morgan fingerprint density at radius 1 is 0.539 bits per heavy atom. The van der Waals surface area contributed by atoms with Gasteiger partial charge in [-0.05, 0) is 130 Å². The quantitative estimate of drug-likeness (QED) is 0.0639. The van der Waals surface area contributed by atoms with E-state index in [1.54, 1.807) is 0 Å². The maximum Gasteiger partial charge on any atom is 0.187 e. The van der Waals surface area contributed by atoms with Crippen LogP contribution in [0.3, 0.4) is 0 Å². The zero-order valence-corrected chi connectivity index (χ0v) is 45.4. The van der Waals surface area contributed by atoms with Crippen molar-refractivity contribution in [3.8, 4) is 0 Å². The maximum atomic E-state index is 12.9. The smallest absolute Gasteiger partial charge is 0.187 e. The van der Waals surface area contributed by atoms with E-state index in [9.17, 15) is 71.5 Å². The highest BCUT2D eigenvalue weighted by Gasteiger charge is 2.70. The molecule has 4 aliphatic heterocycles. The first kappa shape index (κ1) is 60.9. The summed E-state index contributed by atoms with van der Waals surface area (Å²) in [4.78, 5) is 0. The first-order valence-electron chi connectivity index (χ1n) is 27.8. The van der Waals surface area contributed by atoms with Crippen LogP contribution in [0.4, 0.5) is 0 Å². The molecule has 29 atom stereocenters. The molecule has 76 heavy (non-hydrogen) atoms. The van der Waals surface area contributed by atoms with Gasteiger partial charge in [0.2, 0.25) is 0 Å². The van der Waals surface area contributed by atoms with Crippen molar-refractivity contribution < 1.29 is 109 Å². The third-order valence-electron chi connectivity index (χ3n) is 20.8. The highest BCUT2D eigenvalue weighted by molar-refractivity contribution is 5.19. The molecular weight excluding hydrogens is 1000 g/mol. The fourth-order valence-electron chi connectivity index (χ4n) is 16.2. The summed E-state index contributed by atoms with van der Waals surface area (Å²) < 4.78 is 49.3. The van der Waals surface area contributed by atoms with E-state index in [1.165, 1.54) is 6.92 Å². The Balaban J connectivity index is 1.04. The Hall–Kier alpha value is -1.14. The molecule has 0 aromatic heterocycles. The van der Waals surface area contributed by atoms with E-state index in [1.807, 2.05) is 13.8 Å².